The van der Waals surface area contributed by atoms with Gasteiger partial charge in [0.25, 0.3) is 0 Å². The third-order valence-electron chi connectivity index (χ3n) is 4.81. The van der Waals surface area contributed by atoms with Crippen molar-refractivity contribution in [3.05, 3.63) is 58.6 Å². The van der Waals surface area contributed by atoms with Gasteiger partial charge in [0.2, 0.25) is 11.8 Å². The largest absolute Gasteiger partial charge is 0.493 e. The minimum absolute atomic E-state index is 0.0793. The van der Waals surface area contributed by atoms with Gasteiger partial charge < -0.3 is 10.1 Å². The average molecular weight is 428 g/mol. The summed E-state index contributed by atoms with van der Waals surface area (Å²) in [7, 11) is 0. The number of nitrogens with one attached hydrogen (secondary N) is 2. The van der Waals surface area contributed by atoms with Crippen molar-refractivity contribution < 1.29 is 14.3 Å². The number of hydrogen-bond acceptors (Lipinski definition) is 4. The lowest BCUT2D eigenvalue weighted by Gasteiger charge is -2.09. The van der Waals surface area contributed by atoms with Crippen molar-refractivity contribution in [2.24, 2.45) is 11.0 Å². The fourth-order valence-electron chi connectivity index (χ4n) is 2.84. The number of carbonyl (C=O) groups excluding carboxylic acids is 2. The molecule has 0 bridgehead atoms. The predicted octanol–water partition coefficient (Wildman–Crippen LogP) is 4.70. The van der Waals surface area contributed by atoms with Gasteiger partial charge in [-0.1, -0.05) is 23.7 Å². The summed E-state index contributed by atoms with van der Waals surface area (Å²) < 4.78 is 5.69. The molecule has 7 heteroatoms. The number of anilines is 1. The molecule has 0 atom stereocenters. The van der Waals surface area contributed by atoms with E-state index >= 15 is 0 Å². The Morgan fingerprint density at radius 2 is 1.90 bits per heavy atom. The van der Waals surface area contributed by atoms with E-state index in [1.54, 1.807) is 6.07 Å². The van der Waals surface area contributed by atoms with E-state index in [0.717, 1.165) is 35.4 Å². The molecular weight excluding hydrogens is 402 g/mol. The third kappa shape index (κ3) is 6.59. The van der Waals surface area contributed by atoms with Crippen LogP contribution in [0.2, 0.25) is 5.02 Å². The lowest BCUT2D eigenvalue weighted by Crippen LogP contribution is -2.19. The standard InChI is InChI=1S/C23H26ClN3O3/c1-15-14-19(24)9-12-21(15)30-13-3-4-22(28)27-26-16(2)17-7-10-20(11-8-17)25-23(29)18-5-6-18/h7-12,14,18H,3-6,13H2,1-2H3,(H,25,29)(H,27,28)/b26-16-. The monoisotopic (exact) mass is 427 g/mol. The van der Waals surface area contributed by atoms with Crippen LogP contribution in [0.4, 0.5) is 5.69 Å². The number of halogens is 1. The minimum atomic E-state index is -0.168. The normalized spacial score (nSPS) is 13.6. The first-order chi connectivity index (χ1) is 14.4. The second kappa shape index (κ2) is 10.3. The van der Waals surface area contributed by atoms with E-state index in [9.17, 15) is 9.59 Å². The van der Waals surface area contributed by atoms with Crippen LogP contribution >= 0.6 is 11.6 Å². The van der Waals surface area contributed by atoms with Crippen molar-refractivity contribution in [3.63, 3.8) is 0 Å². The van der Waals surface area contributed by atoms with E-state index in [1.807, 2.05) is 50.2 Å². The van der Waals surface area contributed by atoms with Crippen LogP contribution < -0.4 is 15.5 Å². The maximum absolute atomic E-state index is 12.0. The summed E-state index contributed by atoms with van der Waals surface area (Å²) in [5.74, 6) is 0.851. The number of amides is 2. The molecule has 0 aliphatic heterocycles. The van der Waals surface area contributed by atoms with Gasteiger partial charge in [-0.15, -0.1) is 0 Å². The molecule has 1 aliphatic rings. The molecule has 30 heavy (non-hydrogen) atoms. The SMILES string of the molecule is C/C(=N/NC(=O)CCCOc1ccc(Cl)cc1C)c1ccc(NC(=O)C2CC2)cc1. The van der Waals surface area contributed by atoms with Crippen LogP contribution in [0.5, 0.6) is 5.75 Å². The molecule has 2 amide bonds. The minimum Gasteiger partial charge on any atom is -0.493 e. The number of ether oxygens (including phenoxy) is 1. The third-order valence-corrected chi connectivity index (χ3v) is 5.04. The van der Waals surface area contributed by atoms with E-state index < -0.39 is 0 Å². The molecular formula is C23H26ClN3O3. The van der Waals surface area contributed by atoms with E-state index in [0.29, 0.717) is 30.2 Å². The zero-order valence-corrected chi connectivity index (χ0v) is 18.0. The number of nitrogens with zero attached hydrogens (tertiary/aromatic N) is 1. The molecule has 2 aromatic rings. The molecule has 1 aliphatic carbocycles. The highest BCUT2D eigenvalue weighted by atomic mass is 35.5. The Morgan fingerprint density at radius 3 is 2.57 bits per heavy atom. The second-order valence-corrected chi connectivity index (χ2v) is 7.87. The zero-order chi connectivity index (χ0) is 21.5. The van der Waals surface area contributed by atoms with Crippen LogP contribution in [-0.4, -0.2) is 24.1 Å². The molecule has 1 saturated carbocycles. The number of hydrogen-bond donors (Lipinski definition) is 2. The van der Waals surface area contributed by atoms with Gasteiger partial charge in [-0.25, -0.2) is 5.43 Å². The fourth-order valence-corrected chi connectivity index (χ4v) is 3.07. The van der Waals surface area contributed by atoms with Crippen molar-refractivity contribution in [3.8, 4) is 5.75 Å². The van der Waals surface area contributed by atoms with E-state index in [2.05, 4.69) is 15.8 Å². The molecule has 0 aromatic heterocycles. The Balaban J connectivity index is 1.39. The first kappa shape index (κ1) is 21.8. The number of rotatable bonds is 9. The summed E-state index contributed by atoms with van der Waals surface area (Å²) in [6.07, 6.45) is 2.85. The topological polar surface area (TPSA) is 79.8 Å². The Labute approximate surface area is 181 Å². The van der Waals surface area contributed by atoms with Crippen LogP contribution in [0.1, 0.15) is 43.7 Å². The molecule has 0 saturated heterocycles. The highest BCUT2D eigenvalue weighted by molar-refractivity contribution is 6.30. The fraction of sp³-hybridized carbons (Fsp3) is 0.348. The van der Waals surface area contributed by atoms with Gasteiger partial charge >= 0.3 is 0 Å². The lowest BCUT2D eigenvalue weighted by molar-refractivity contribution is -0.121. The number of benzene rings is 2. The van der Waals surface area contributed by atoms with Crippen molar-refractivity contribution in [1.29, 1.82) is 0 Å². The Kier molecular flexibility index (Phi) is 7.46. The lowest BCUT2D eigenvalue weighted by atomic mass is 10.1. The molecule has 1 fully saturated rings. The van der Waals surface area contributed by atoms with Gasteiger partial charge in [0.05, 0.1) is 12.3 Å². The van der Waals surface area contributed by atoms with Crippen molar-refractivity contribution in [2.75, 3.05) is 11.9 Å². The smallest absolute Gasteiger partial charge is 0.240 e. The number of hydrazone groups is 1. The first-order valence-electron chi connectivity index (χ1n) is 10.1. The van der Waals surface area contributed by atoms with Gasteiger partial charge in [0.1, 0.15) is 5.75 Å². The van der Waals surface area contributed by atoms with Crippen molar-refractivity contribution in [2.45, 2.75) is 39.5 Å². The highest BCUT2D eigenvalue weighted by Gasteiger charge is 2.29. The van der Waals surface area contributed by atoms with Gasteiger partial charge in [-0.2, -0.15) is 5.10 Å². The molecule has 3 rings (SSSR count). The van der Waals surface area contributed by atoms with Crippen LogP contribution in [0.3, 0.4) is 0 Å². The molecule has 158 valence electrons. The Bertz CT molecular complexity index is 937. The van der Waals surface area contributed by atoms with Crippen LogP contribution in [0.25, 0.3) is 0 Å². The molecule has 0 spiro atoms. The predicted molar refractivity (Wildman–Crippen MR) is 119 cm³/mol. The van der Waals surface area contributed by atoms with Crippen LogP contribution in [0, 0.1) is 12.8 Å². The maximum atomic E-state index is 12.0. The molecule has 6 nitrogen and oxygen atoms in total. The van der Waals surface area contributed by atoms with Crippen molar-refractivity contribution >= 4 is 34.8 Å². The van der Waals surface area contributed by atoms with Gasteiger partial charge in [0, 0.05) is 23.0 Å². The maximum Gasteiger partial charge on any atom is 0.240 e. The Morgan fingerprint density at radius 1 is 1.17 bits per heavy atom. The van der Waals surface area contributed by atoms with Gasteiger partial charge in [0.15, 0.2) is 0 Å². The summed E-state index contributed by atoms with van der Waals surface area (Å²) in [6.45, 7) is 4.19. The molecule has 2 N–H and O–H groups in total. The van der Waals surface area contributed by atoms with Crippen LogP contribution in [0.15, 0.2) is 47.6 Å². The van der Waals surface area contributed by atoms with E-state index in [1.165, 1.54) is 0 Å². The van der Waals surface area contributed by atoms with Gasteiger partial charge in [-0.05, 0) is 74.6 Å². The first-order valence-corrected chi connectivity index (χ1v) is 10.4. The summed E-state index contributed by atoms with van der Waals surface area (Å²) in [5.41, 5.74) is 5.87. The number of carbonyl (C=O) groups is 2. The quantitative estimate of drug-likeness (QED) is 0.346. The molecule has 0 radical (unpaired) electrons. The second-order valence-electron chi connectivity index (χ2n) is 7.43. The zero-order valence-electron chi connectivity index (χ0n) is 17.2. The summed E-state index contributed by atoms with van der Waals surface area (Å²) in [5, 5.41) is 7.73. The summed E-state index contributed by atoms with van der Waals surface area (Å²) in [6, 6.07) is 12.9. The Hall–Kier alpha value is -2.86. The molecule has 0 heterocycles. The number of aryl methyl sites for hydroxylation is 1. The summed E-state index contributed by atoms with van der Waals surface area (Å²) >= 11 is 5.93. The average Bonchev–Trinajstić information content (AvgIpc) is 3.57. The van der Waals surface area contributed by atoms with Crippen LogP contribution in [-0.2, 0) is 9.59 Å². The van der Waals surface area contributed by atoms with E-state index in [-0.39, 0.29) is 17.7 Å². The van der Waals surface area contributed by atoms with E-state index in [4.69, 9.17) is 16.3 Å². The summed E-state index contributed by atoms with van der Waals surface area (Å²) in [4.78, 5) is 23.8. The van der Waals surface area contributed by atoms with Crippen molar-refractivity contribution in [1.82, 2.24) is 5.43 Å². The molecule has 2 aromatic carbocycles. The molecule has 0 unspecified atom stereocenters. The van der Waals surface area contributed by atoms with Gasteiger partial charge in [-0.3, -0.25) is 9.59 Å². The highest BCUT2D eigenvalue weighted by Crippen LogP contribution is 2.30.